The van der Waals surface area contributed by atoms with Gasteiger partial charge < -0.3 is 20.3 Å². The van der Waals surface area contributed by atoms with Crippen molar-refractivity contribution in [2.24, 2.45) is 5.73 Å². The standard InChI is InChI=1S/C13H19NO4/c1-3-7-18-10-6-5-9(12(14)13(15)16)8-11(10)17-4-2/h5-6,8,12H,3-4,7,14H2,1-2H3,(H,15,16). The fraction of sp³-hybridized carbons (Fsp3) is 0.462. The number of ether oxygens (including phenoxy) is 2. The van der Waals surface area contributed by atoms with Gasteiger partial charge in [0.1, 0.15) is 6.04 Å². The third kappa shape index (κ3) is 3.63. The summed E-state index contributed by atoms with van der Waals surface area (Å²) in [7, 11) is 0. The van der Waals surface area contributed by atoms with Crippen molar-refractivity contribution >= 4 is 5.97 Å². The molecule has 0 saturated heterocycles. The number of benzene rings is 1. The number of rotatable bonds is 7. The van der Waals surface area contributed by atoms with Crippen LogP contribution in [0.1, 0.15) is 31.9 Å². The zero-order valence-electron chi connectivity index (χ0n) is 10.7. The number of hydrogen-bond donors (Lipinski definition) is 2. The molecule has 1 atom stereocenters. The molecule has 1 aromatic carbocycles. The summed E-state index contributed by atoms with van der Waals surface area (Å²) in [6.07, 6.45) is 0.891. The van der Waals surface area contributed by atoms with Gasteiger partial charge in [-0.1, -0.05) is 13.0 Å². The number of aliphatic carboxylic acids is 1. The van der Waals surface area contributed by atoms with E-state index in [1.807, 2.05) is 13.8 Å². The quantitative estimate of drug-likeness (QED) is 0.776. The van der Waals surface area contributed by atoms with Crippen LogP contribution in [-0.2, 0) is 4.79 Å². The summed E-state index contributed by atoms with van der Waals surface area (Å²) in [5.74, 6) is 0.0693. The van der Waals surface area contributed by atoms with Crippen LogP contribution in [-0.4, -0.2) is 24.3 Å². The molecule has 1 unspecified atom stereocenters. The third-order valence-electron chi connectivity index (χ3n) is 2.35. The molecule has 0 radical (unpaired) electrons. The molecule has 1 rings (SSSR count). The maximum absolute atomic E-state index is 10.8. The Balaban J connectivity index is 2.98. The van der Waals surface area contributed by atoms with Crippen molar-refractivity contribution in [2.75, 3.05) is 13.2 Å². The smallest absolute Gasteiger partial charge is 0.325 e. The van der Waals surface area contributed by atoms with Gasteiger partial charge >= 0.3 is 5.97 Å². The van der Waals surface area contributed by atoms with Crippen molar-refractivity contribution in [2.45, 2.75) is 26.3 Å². The van der Waals surface area contributed by atoms with Crippen LogP contribution in [0.25, 0.3) is 0 Å². The lowest BCUT2D eigenvalue weighted by Gasteiger charge is -2.14. The largest absolute Gasteiger partial charge is 0.490 e. The molecule has 100 valence electrons. The zero-order valence-corrected chi connectivity index (χ0v) is 10.7. The van der Waals surface area contributed by atoms with E-state index in [9.17, 15) is 4.79 Å². The number of hydrogen-bond acceptors (Lipinski definition) is 4. The molecule has 1 aromatic rings. The Hall–Kier alpha value is -1.75. The van der Waals surface area contributed by atoms with Gasteiger partial charge in [0.2, 0.25) is 0 Å². The predicted molar refractivity (Wildman–Crippen MR) is 68.0 cm³/mol. The van der Waals surface area contributed by atoms with Gasteiger partial charge in [-0.15, -0.1) is 0 Å². The molecule has 0 fully saturated rings. The summed E-state index contributed by atoms with van der Waals surface area (Å²) >= 11 is 0. The normalized spacial score (nSPS) is 11.9. The van der Waals surface area contributed by atoms with E-state index < -0.39 is 12.0 Å². The monoisotopic (exact) mass is 253 g/mol. The van der Waals surface area contributed by atoms with Crippen LogP contribution in [0.4, 0.5) is 0 Å². The highest BCUT2D eigenvalue weighted by molar-refractivity contribution is 5.75. The molecule has 0 aliphatic carbocycles. The molecule has 0 aliphatic rings. The first kappa shape index (κ1) is 14.3. The lowest BCUT2D eigenvalue weighted by molar-refractivity contribution is -0.138. The van der Waals surface area contributed by atoms with Crippen LogP contribution in [0.15, 0.2) is 18.2 Å². The van der Waals surface area contributed by atoms with E-state index in [1.165, 1.54) is 0 Å². The van der Waals surface area contributed by atoms with E-state index in [0.717, 1.165) is 6.42 Å². The first-order valence-corrected chi connectivity index (χ1v) is 5.98. The molecule has 0 amide bonds. The summed E-state index contributed by atoms with van der Waals surface area (Å²) < 4.78 is 11.0. The minimum Gasteiger partial charge on any atom is -0.490 e. The molecule has 0 spiro atoms. The Morgan fingerprint density at radius 3 is 2.61 bits per heavy atom. The molecule has 5 heteroatoms. The average Bonchev–Trinajstić information content (AvgIpc) is 2.36. The van der Waals surface area contributed by atoms with Crippen LogP contribution in [0.3, 0.4) is 0 Å². The Labute approximate surface area is 107 Å². The Bertz CT molecular complexity index is 406. The molecular weight excluding hydrogens is 234 g/mol. The highest BCUT2D eigenvalue weighted by Gasteiger charge is 2.16. The number of carbonyl (C=O) groups is 1. The van der Waals surface area contributed by atoms with Gasteiger partial charge in [-0.3, -0.25) is 4.79 Å². The van der Waals surface area contributed by atoms with Gasteiger partial charge in [0.15, 0.2) is 11.5 Å². The minimum atomic E-state index is -1.07. The van der Waals surface area contributed by atoms with Gasteiger partial charge in [0, 0.05) is 0 Å². The van der Waals surface area contributed by atoms with Crippen molar-refractivity contribution < 1.29 is 19.4 Å². The molecule has 0 saturated carbocycles. The van der Waals surface area contributed by atoms with Crippen LogP contribution < -0.4 is 15.2 Å². The first-order valence-electron chi connectivity index (χ1n) is 5.98. The summed E-state index contributed by atoms with van der Waals surface area (Å²) in [5.41, 5.74) is 6.05. The lowest BCUT2D eigenvalue weighted by atomic mass is 10.1. The maximum Gasteiger partial charge on any atom is 0.325 e. The van der Waals surface area contributed by atoms with Gasteiger partial charge in [-0.25, -0.2) is 0 Å². The van der Waals surface area contributed by atoms with Crippen molar-refractivity contribution in [3.05, 3.63) is 23.8 Å². The predicted octanol–water partition coefficient (Wildman–Crippen LogP) is 1.96. The SMILES string of the molecule is CCCOc1ccc(C(N)C(=O)O)cc1OCC. The van der Waals surface area contributed by atoms with E-state index in [-0.39, 0.29) is 0 Å². The van der Waals surface area contributed by atoms with Crippen molar-refractivity contribution in [1.29, 1.82) is 0 Å². The minimum absolute atomic E-state index is 0.480. The lowest BCUT2D eigenvalue weighted by Crippen LogP contribution is -2.20. The average molecular weight is 253 g/mol. The summed E-state index contributed by atoms with van der Waals surface area (Å²) in [5, 5.41) is 8.87. The topological polar surface area (TPSA) is 81.8 Å². The molecule has 3 N–H and O–H groups in total. The molecule has 0 aromatic heterocycles. The van der Waals surface area contributed by atoms with Gasteiger partial charge in [-0.2, -0.15) is 0 Å². The third-order valence-corrected chi connectivity index (χ3v) is 2.35. The Morgan fingerprint density at radius 1 is 1.33 bits per heavy atom. The molecule has 0 bridgehead atoms. The second kappa shape index (κ2) is 6.86. The van der Waals surface area contributed by atoms with Crippen LogP contribution in [0.5, 0.6) is 11.5 Å². The Kier molecular flexibility index (Phi) is 5.45. The van der Waals surface area contributed by atoms with Crippen LogP contribution in [0, 0.1) is 0 Å². The highest BCUT2D eigenvalue weighted by atomic mass is 16.5. The Morgan fingerprint density at radius 2 is 2.06 bits per heavy atom. The second-order valence-corrected chi connectivity index (χ2v) is 3.80. The summed E-state index contributed by atoms with van der Waals surface area (Å²) in [4.78, 5) is 10.8. The highest BCUT2D eigenvalue weighted by Crippen LogP contribution is 2.30. The fourth-order valence-electron chi connectivity index (χ4n) is 1.46. The zero-order chi connectivity index (χ0) is 13.5. The van der Waals surface area contributed by atoms with Gasteiger partial charge in [0.05, 0.1) is 13.2 Å². The molecule has 5 nitrogen and oxygen atoms in total. The first-order chi connectivity index (χ1) is 8.60. The molecule has 0 heterocycles. The number of nitrogens with two attached hydrogens (primary N) is 1. The van der Waals surface area contributed by atoms with E-state index in [0.29, 0.717) is 30.3 Å². The fourth-order valence-corrected chi connectivity index (χ4v) is 1.46. The molecule has 18 heavy (non-hydrogen) atoms. The van der Waals surface area contributed by atoms with E-state index in [4.69, 9.17) is 20.3 Å². The van der Waals surface area contributed by atoms with Gasteiger partial charge in [-0.05, 0) is 31.0 Å². The maximum atomic E-state index is 10.8. The van der Waals surface area contributed by atoms with Crippen LogP contribution in [0.2, 0.25) is 0 Å². The summed E-state index contributed by atoms with van der Waals surface area (Å²) in [6, 6.07) is 3.91. The van der Waals surface area contributed by atoms with Crippen molar-refractivity contribution in [3.8, 4) is 11.5 Å². The van der Waals surface area contributed by atoms with E-state index >= 15 is 0 Å². The van der Waals surface area contributed by atoms with Gasteiger partial charge in [0.25, 0.3) is 0 Å². The van der Waals surface area contributed by atoms with E-state index in [1.54, 1.807) is 18.2 Å². The summed E-state index contributed by atoms with van der Waals surface area (Å²) in [6.45, 7) is 4.93. The van der Waals surface area contributed by atoms with Crippen LogP contribution >= 0.6 is 0 Å². The molecule has 0 aliphatic heterocycles. The van der Waals surface area contributed by atoms with Crippen molar-refractivity contribution in [1.82, 2.24) is 0 Å². The van der Waals surface area contributed by atoms with Crippen molar-refractivity contribution in [3.63, 3.8) is 0 Å². The van der Waals surface area contributed by atoms with E-state index in [2.05, 4.69) is 0 Å². The number of carboxylic acids is 1. The molecular formula is C13H19NO4. The number of carboxylic acid groups (broad SMARTS) is 1. The second-order valence-electron chi connectivity index (χ2n) is 3.80.